The number of allylic oxidation sites excluding steroid dienone is 3. The number of nitrogens with zero attached hydrogens (tertiary/aromatic N) is 1. The summed E-state index contributed by atoms with van der Waals surface area (Å²) in [4.78, 5) is 0. The molecule has 1 aromatic heterocycles. The Balaban J connectivity index is 1.58. The fraction of sp³-hybridized carbons (Fsp3) is 0.212. The quantitative estimate of drug-likeness (QED) is 0.162. The van der Waals surface area contributed by atoms with Gasteiger partial charge in [0.15, 0.2) is 0 Å². The molecule has 0 saturated carbocycles. The molecule has 36 heavy (non-hydrogen) atoms. The van der Waals surface area contributed by atoms with Gasteiger partial charge in [-0.2, -0.15) is 0 Å². The van der Waals surface area contributed by atoms with Gasteiger partial charge in [-0.3, -0.25) is 4.74 Å². The monoisotopic (exact) mass is 493 g/mol. The molecule has 0 spiro atoms. The maximum Gasteiger partial charge on any atom is 0.108 e. The van der Waals surface area contributed by atoms with Gasteiger partial charge in [0.25, 0.3) is 0 Å². The first-order valence-corrected chi connectivity index (χ1v) is 14.4. The highest BCUT2D eigenvalue weighted by Crippen LogP contribution is 2.46. The molecule has 0 saturated heterocycles. The van der Waals surface area contributed by atoms with E-state index in [4.69, 9.17) is 9.16 Å². The Labute approximate surface area is 216 Å². The van der Waals surface area contributed by atoms with Crippen LogP contribution in [0.2, 0.25) is 0 Å². The highest BCUT2D eigenvalue weighted by molar-refractivity contribution is 7.87. The van der Waals surface area contributed by atoms with Crippen LogP contribution in [0.25, 0.3) is 0 Å². The Bertz CT molecular complexity index is 1250. The molecule has 0 amide bonds. The van der Waals surface area contributed by atoms with Crippen molar-refractivity contribution in [1.29, 1.82) is 0 Å². The molecule has 0 aliphatic carbocycles. The summed E-state index contributed by atoms with van der Waals surface area (Å²) < 4.78 is 11.1. The number of aryl methyl sites for hydroxylation is 1. The SMILES string of the molecule is C/C(=C\CN=P(c1ccccc1)(c1ccccc1)c1ccccc1)CC/C=C(\C)Cc1cc(C)co1. The summed E-state index contributed by atoms with van der Waals surface area (Å²) in [7, 11) is -2.13. The minimum atomic E-state index is -2.13. The molecule has 4 rings (SSSR count). The highest BCUT2D eigenvalue weighted by Gasteiger charge is 2.26. The van der Waals surface area contributed by atoms with Gasteiger partial charge in [-0.25, -0.2) is 0 Å². The molecule has 1 heterocycles. The Kier molecular flexibility index (Phi) is 8.98. The van der Waals surface area contributed by atoms with Crippen molar-refractivity contribution >= 4 is 23.0 Å². The Morgan fingerprint density at radius 1 is 0.750 bits per heavy atom. The van der Waals surface area contributed by atoms with Crippen LogP contribution in [0, 0.1) is 6.92 Å². The maximum absolute atomic E-state index is 5.60. The summed E-state index contributed by atoms with van der Waals surface area (Å²) in [5.74, 6) is 1.04. The summed E-state index contributed by atoms with van der Waals surface area (Å²) >= 11 is 0. The number of hydrogen-bond donors (Lipinski definition) is 0. The standard InChI is InChI=1S/C33H36NOP/c1-27(14-13-15-28(2)24-30-25-29(3)26-35-30)22-23-34-36(31-16-7-4-8-17-31,32-18-9-5-10-19-32)33-20-11-6-12-21-33/h4-12,15-22,25-26H,13-14,23-24H2,1-3H3/b27-22+,28-15+. The first-order valence-electron chi connectivity index (χ1n) is 12.7. The maximum atomic E-state index is 5.60. The largest absolute Gasteiger partial charge is 0.469 e. The van der Waals surface area contributed by atoms with Gasteiger partial charge in [0, 0.05) is 22.3 Å². The van der Waals surface area contributed by atoms with Crippen LogP contribution in [0.3, 0.4) is 0 Å². The fourth-order valence-electron chi connectivity index (χ4n) is 4.52. The molecule has 4 aromatic rings. The van der Waals surface area contributed by atoms with Crippen molar-refractivity contribution in [3.8, 4) is 0 Å². The lowest BCUT2D eigenvalue weighted by atomic mass is 10.1. The van der Waals surface area contributed by atoms with Crippen molar-refractivity contribution in [2.24, 2.45) is 4.74 Å². The normalized spacial score (nSPS) is 12.5. The zero-order valence-electron chi connectivity index (χ0n) is 21.6. The van der Waals surface area contributed by atoms with Gasteiger partial charge in [0.2, 0.25) is 0 Å². The molecular formula is C33H36NOP. The van der Waals surface area contributed by atoms with E-state index in [9.17, 15) is 0 Å². The van der Waals surface area contributed by atoms with Crippen molar-refractivity contribution in [3.05, 3.63) is 138 Å². The van der Waals surface area contributed by atoms with Crippen LogP contribution in [0.15, 0.2) is 136 Å². The van der Waals surface area contributed by atoms with E-state index in [1.165, 1.54) is 32.6 Å². The average Bonchev–Trinajstić information content (AvgIpc) is 3.32. The first-order chi connectivity index (χ1) is 17.6. The van der Waals surface area contributed by atoms with Gasteiger partial charge >= 0.3 is 0 Å². The molecule has 0 N–H and O–H groups in total. The van der Waals surface area contributed by atoms with E-state index in [0.717, 1.165) is 25.0 Å². The van der Waals surface area contributed by atoms with Crippen molar-refractivity contribution in [1.82, 2.24) is 0 Å². The van der Waals surface area contributed by atoms with Gasteiger partial charge in [-0.05, 0) is 45.2 Å². The van der Waals surface area contributed by atoms with Crippen molar-refractivity contribution in [3.63, 3.8) is 0 Å². The van der Waals surface area contributed by atoms with E-state index in [-0.39, 0.29) is 0 Å². The summed E-state index contributed by atoms with van der Waals surface area (Å²) in [6, 6.07) is 34.6. The molecule has 0 aliphatic heterocycles. The predicted molar refractivity (Wildman–Crippen MR) is 156 cm³/mol. The fourth-order valence-corrected chi connectivity index (χ4v) is 8.04. The second-order valence-electron chi connectivity index (χ2n) is 9.37. The third kappa shape index (κ3) is 6.45. The summed E-state index contributed by atoms with van der Waals surface area (Å²) in [6.07, 6.45) is 9.41. The second kappa shape index (κ2) is 12.6. The smallest absolute Gasteiger partial charge is 0.108 e. The van der Waals surface area contributed by atoms with E-state index in [1.807, 2.05) is 6.26 Å². The van der Waals surface area contributed by atoms with E-state index in [2.05, 4.69) is 130 Å². The van der Waals surface area contributed by atoms with Crippen molar-refractivity contribution in [2.75, 3.05) is 6.54 Å². The zero-order valence-corrected chi connectivity index (χ0v) is 22.5. The molecule has 0 bridgehead atoms. The van der Waals surface area contributed by atoms with Gasteiger partial charge in [0.05, 0.1) is 19.9 Å². The van der Waals surface area contributed by atoms with Crippen LogP contribution >= 0.6 is 7.05 Å². The molecule has 0 unspecified atom stereocenters. The Morgan fingerprint density at radius 2 is 1.28 bits per heavy atom. The Hall–Kier alpha value is -3.35. The van der Waals surface area contributed by atoms with Crippen molar-refractivity contribution in [2.45, 2.75) is 40.0 Å². The van der Waals surface area contributed by atoms with Crippen LogP contribution in [0.5, 0.6) is 0 Å². The summed E-state index contributed by atoms with van der Waals surface area (Å²) in [5, 5.41) is 3.88. The van der Waals surface area contributed by atoms with E-state index >= 15 is 0 Å². The highest BCUT2D eigenvalue weighted by atomic mass is 31.2. The van der Waals surface area contributed by atoms with E-state index < -0.39 is 7.05 Å². The molecule has 0 fully saturated rings. The summed E-state index contributed by atoms with van der Waals surface area (Å²) in [5.41, 5.74) is 3.91. The van der Waals surface area contributed by atoms with Gasteiger partial charge in [-0.1, -0.05) is 114 Å². The van der Waals surface area contributed by atoms with E-state index in [0.29, 0.717) is 6.54 Å². The van der Waals surface area contributed by atoms with Crippen LogP contribution in [-0.2, 0) is 6.42 Å². The molecule has 3 heteroatoms. The third-order valence-electron chi connectivity index (χ3n) is 6.39. The number of benzene rings is 3. The van der Waals surface area contributed by atoms with Crippen LogP contribution < -0.4 is 15.9 Å². The lowest BCUT2D eigenvalue weighted by molar-refractivity contribution is 0.518. The second-order valence-corrected chi connectivity index (χ2v) is 12.5. The molecular weight excluding hydrogens is 457 g/mol. The third-order valence-corrected chi connectivity index (χ3v) is 10.1. The topological polar surface area (TPSA) is 25.5 Å². The summed E-state index contributed by atoms with van der Waals surface area (Å²) in [6.45, 7) is 7.18. The number of hydrogen-bond acceptors (Lipinski definition) is 2. The van der Waals surface area contributed by atoms with Crippen LogP contribution in [0.4, 0.5) is 0 Å². The minimum Gasteiger partial charge on any atom is -0.469 e. The Morgan fingerprint density at radius 3 is 1.75 bits per heavy atom. The minimum absolute atomic E-state index is 0.701. The van der Waals surface area contributed by atoms with E-state index in [1.54, 1.807) is 0 Å². The number of rotatable bonds is 10. The molecule has 0 aliphatic rings. The van der Waals surface area contributed by atoms with Gasteiger partial charge in [0.1, 0.15) is 5.76 Å². The van der Waals surface area contributed by atoms with Gasteiger partial charge < -0.3 is 4.42 Å². The van der Waals surface area contributed by atoms with Gasteiger partial charge in [-0.15, -0.1) is 0 Å². The molecule has 3 aromatic carbocycles. The average molecular weight is 494 g/mol. The van der Waals surface area contributed by atoms with Crippen LogP contribution in [-0.4, -0.2) is 6.54 Å². The molecule has 2 nitrogen and oxygen atoms in total. The number of furan rings is 1. The van der Waals surface area contributed by atoms with Crippen molar-refractivity contribution < 1.29 is 4.42 Å². The molecule has 184 valence electrons. The molecule has 0 radical (unpaired) electrons. The zero-order chi connectivity index (χ0) is 25.2. The lowest BCUT2D eigenvalue weighted by Gasteiger charge is -2.27. The molecule has 0 atom stereocenters. The van der Waals surface area contributed by atoms with Crippen LogP contribution in [0.1, 0.15) is 38.0 Å². The predicted octanol–water partition coefficient (Wildman–Crippen LogP) is 7.98. The first kappa shape index (κ1) is 25.7. The lowest BCUT2D eigenvalue weighted by Crippen LogP contribution is -2.25.